The van der Waals surface area contributed by atoms with Gasteiger partial charge >= 0.3 is 6.18 Å². The Balaban J connectivity index is 2.49. The predicted molar refractivity (Wildman–Crippen MR) is 66.6 cm³/mol. The first-order valence-corrected chi connectivity index (χ1v) is 5.76. The Labute approximate surface area is 107 Å². The number of benzene rings is 2. The van der Waals surface area contributed by atoms with Crippen molar-refractivity contribution < 1.29 is 13.2 Å². The Hall–Kier alpha value is -1.26. The van der Waals surface area contributed by atoms with E-state index in [9.17, 15) is 13.2 Å². The second-order valence-electron chi connectivity index (χ2n) is 4.11. The van der Waals surface area contributed by atoms with Crippen LogP contribution in [-0.4, -0.2) is 6.18 Å². The van der Waals surface area contributed by atoms with Crippen molar-refractivity contribution in [1.82, 2.24) is 0 Å². The van der Waals surface area contributed by atoms with Gasteiger partial charge in [-0.05, 0) is 17.0 Å². The third-order valence-electron chi connectivity index (χ3n) is 2.76. The van der Waals surface area contributed by atoms with Gasteiger partial charge in [-0.25, -0.2) is 0 Å². The van der Waals surface area contributed by atoms with Crippen molar-refractivity contribution in [2.24, 2.45) is 5.73 Å². The number of hydrogen-bond acceptors (Lipinski definition) is 1. The minimum absolute atomic E-state index is 0.465. The van der Waals surface area contributed by atoms with E-state index in [-0.39, 0.29) is 0 Å². The van der Waals surface area contributed by atoms with Gasteiger partial charge in [0.2, 0.25) is 0 Å². The van der Waals surface area contributed by atoms with Gasteiger partial charge in [-0.3, -0.25) is 0 Å². The van der Waals surface area contributed by atoms with E-state index in [0.29, 0.717) is 21.4 Å². The van der Waals surface area contributed by atoms with Crippen LogP contribution in [0.1, 0.15) is 18.0 Å². The zero-order valence-electron chi connectivity index (χ0n) is 9.34. The first kappa shape index (κ1) is 13.2. The van der Waals surface area contributed by atoms with Crippen molar-refractivity contribution in [2.75, 3.05) is 0 Å². The molecule has 1 unspecified atom stereocenters. The highest BCUT2D eigenvalue weighted by Gasteiger charge is 2.31. The summed E-state index contributed by atoms with van der Waals surface area (Å²) in [7, 11) is 0. The van der Waals surface area contributed by atoms with Crippen LogP contribution in [0.25, 0.3) is 10.8 Å². The topological polar surface area (TPSA) is 26.0 Å². The maximum atomic E-state index is 12.4. The highest BCUT2D eigenvalue weighted by Crippen LogP contribution is 2.34. The first-order chi connectivity index (χ1) is 8.38. The summed E-state index contributed by atoms with van der Waals surface area (Å²) in [6, 6.07) is 9.09. The second-order valence-corrected chi connectivity index (χ2v) is 4.52. The van der Waals surface area contributed by atoms with Crippen LogP contribution in [0, 0.1) is 0 Å². The standard InChI is InChI=1S/C13H11ClF3N/c14-11-6-5-10(12(18)7-13(15,16)17)8-3-1-2-4-9(8)11/h1-6,12H,7,18H2. The van der Waals surface area contributed by atoms with E-state index < -0.39 is 18.6 Å². The van der Waals surface area contributed by atoms with Gasteiger partial charge in [-0.2, -0.15) is 13.2 Å². The Morgan fingerprint density at radius 1 is 1.06 bits per heavy atom. The molecule has 2 aromatic carbocycles. The Morgan fingerprint density at radius 2 is 1.67 bits per heavy atom. The van der Waals surface area contributed by atoms with E-state index >= 15 is 0 Å². The van der Waals surface area contributed by atoms with E-state index in [1.807, 2.05) is 0 Å². The van der Waals surface area contributed by atoms with Crippen LogP contribution in [0.2, 0.25) is 5.02 Å². The zero-order valence-corrected chi connectivity index (χ0v) is 10.1. The van der Waals surface area contributed by atoms with Gasteiger partial charge in [0, 0.05) is 16.5 Å². The minimum atomic E-state index is -4.28. The van der Waals surface area contributed by atoms with Crippen molar-refractivity contribution in [2.45, 2.75) is 18.6 Å². The SMILES string of the molecule is NC(CC(F)(F)F)c1ccc(Cl)c2ccccc12. The predicted octanol–water partition coefficient (Wildman–Crippen LogP) is 4.45. The third kappa shape index (κ3) is 2.76. The maximum Gasteiger partial charge on any atom is 0.390 e. The number of hydrogen-bond donors (Lipinski definition) is 1. The lowest BCUT2D eigenvalue weighted by Gasteiger charge is -2.17. The van der Waals surface area contributed by atoms with E-state index in [0.717, 1.165) is 0 Å². The van der Waals surface area contributed by atoms with Crippen molar-refractivity contribution >= 4 is 22.4 Å². The van der Waals surface area contributed by atoms with Gasteiger partial charge in [0.05, 0.1) is 6.42 Å². The molecule has 0 aliphatic carbocycles. The van der Waals surface area contributed by atoms with E-state index in [4.69, 9.17) is 17.3 Å². The largest absolute Gasteiger partial charge is 0.390 e. The van der Waals surface area contributed by atoms with Crippen LogP contribution < -0.4 is 5.73 Å². The number of alkyl halides is 3. The molecule has 2 rings (SSSR count). The molecule has 0 spiro atoms. The number of nitrogens with two attached hydrogens (primary N) is 1. The molecule has 0 radical (unpaired) electrons. The maximum absolute atomic E-state index is 12.4. The summed E-state index contributed by atoms with van der Waals surface area (Å²) < 4.78 is 37.1. The molecule has 18 heavy (non-hydrogen) atoms. The van der Waals surface area contributed by atoms with Crippen molar-refractivity contribution in [3.8, 4) is 0 Å². The quantitative estimate of drug-likeness (QED) is 0.860. The van der Waals surface area contributed by atoms with Crippen molar-refractivity contribution in [1.29, 1.82) is 0 Å². The Kier molecular flexibility index (Phi) is 3.50. The van der Waals surface area contributed by atoms with E-state index in [1.54, 1.807) is 36.4 Å². The van der Waals surface area contributed by atoms with Crippen molar-refractivity contribution in [3.63, 3.8) is 0 Å². The van der Waals surface area contributed by atoms with Gasteiger partial charge < -0.3 is 5.73 Å². The molecular formula is C13H11ClF3N. The molecule has 1 nitrogen and oxygen atoms in total. The fourth-order valence-corrected chi connectivity index (χ4v) is 2.20. The summed E-state index contributed by atoms with van der Waals surface area (Å²) in [6.45, 7) is 0. The fourth-order valence-electron chi connectivity index (χ4n) is 1.97. The normalized spacial score (nSPS) is 13.8. The van der Waals surface area contributed by atoms with Crippen LogP contribution in [-0.2, 0) is 0 Å². The smallest absolute Gasteiger partial charge is 0.324 e. The number of rotatable bonds is 2. The molecule has 0 saturated carbocycles. The number of halogens is 4. The lowest BCUT2D eigenvalue weighted by Crippen LogP contribution is -2.20. The number of fused-ring (bicyclic) bond motifs is 1. The van der Waals surface area contributed by atoms with Crippen LogP contribution in [0.3, 0.4) is 0 Å². The Morgan fingerprint density at radius 3 is 2.28 bits per heavy atom. The molecule has 2 aromatic rings. The monoisotopic (exact) mass is 273 g/mol. The van der Waals surface area contributed by atoms with Gasteiger partial charge in [-0.1, -0.05) is 41.9 Å². The summed E-state index contributed by atoms with van der Waals surface area (Å²) >= 11 is 6.00. The van der Waals surface area contributed by atoms with Crippen LogP contribution in [0.15, 0.2) is 36.4 Å². The van der Waals surface area contributed by atoms with Gasteiger partial charge in [-0.15, -0.1) is 0 Å². The molecule has 0 fully saturated rings. The van der Waals surface area contributed by atoms with Gasteiger partial charge in [0.25, 0.3) is 0 Å². The van der Waals surface area contributed by atoms with Gasteiger partial charge in [0.15, 0.2) is 0 Å². The summed E-state index contributed by atoms with van der Waals surface area (Å²) in [4.78, 5) is 0. The van der Waals surface area contributed by atoms with Crippen LogP contribution in [0.4, 0.5) is 13.2 Å². The third-order valence-corrected chi connectivity index (χ3v) is 3.09. The molecule has 0 saturated heterocycles. The molecule has 0 amide bonds. The Bertz CT molecular complexity index is 566. The highest BCUT2D eigenvalue weighted by molar-refractivity contribution is 6.35. The van der Waals surface area contributed by atoms with Crippen molar-refractivity contribution in [3.05, 3.63) is 47.0 Å². The first-order valence-electron chi connectivity index (χ1n) is 5.38. The molecule has 5 heteroatoms. The lowest BCUT2D eigenvalue weighted by molar-refractivity contribution is -0.138. The molecule has 96 valence electrons. The highest BCUT2D eigenvalue weighted by atomic mass is 35.5. The second kappa shape index (κ2) is 4.78. The summed E-state index contributed by atoms with van der Waals surface area (Å²) in [5, 5.41) is 1.89. The zero-order chi connectivity index (χ0) is 13.3. The van der Waals surface area contributed by atoms with Crippen LogP contribution >= 0.6 is 11.6 Å². The minimum Gasteiger partial charge on any atom is -0.324 e. The molecule has 0 aliphatic rings. The molecule has 0 bridgehead atoms. The van der Waals surface area contributed by atoms with Crippen LogP contribution in [0.5, 0.6) is 0 Å². The molecule has 1 atom stereocenters. The lowest BCUT2D eigenvalue weighted by atomic mass is 9.97. The van der Waals surface area contributed by atoms with E-state index in [1.165, 1.54) is 0 Å². The van der Waals surface area contributed by atoms with Gasteiger partial charge in [0.1, 0.15) is 0 Å². The average Bonchev–Trinajstić information content (AvgIpc) is 2.27. The fraction of sp³-hybridized carbons (Fsp3) is 0.231. The molecule has 0 heterocycles. The molecular weight excluding hydrogens is 263 g/mol. The average molecular weight is 274 g/mol. The molecule has 0 aromatic heterocycles. The molecule has 0 aliphatic heterocycles. The summed E-state index contributed by atoms with van der Waals surface area (Å²) in [6.07, 6.45) is -5.32. The summed E-state index contributed by atoms with van der Waals surface area (Å²) in [5.74, 6) is 0. The van der Waals surface area contributed by atoms with E-state index in [2.05, 4.69) is 0 Å². The summed E-state index contributed by atoms with van der Waals surface area (Å²) in [5.41, 5.74) is 6.10. The molecule has 2 N–H and O–H groups in total.